The Kier molecular flexibility index (Phi) is 4.69. The van der Waals surface area contributed by atoms with E-state index < -0.39 is 5.82 Å². The number of halogens is 2. The Labute approximate surface area is 117 Å². The maximum Gasteiger partial charge on any atom is 0.165 e. The van der Waals surface area contributed by atoms with Crippen LogP contribution in [0.15, 0.2) is 42.5 Å². The Morgan fingerprint density at radius 1 is 1.15 bits per heavy atom. The lowest BCUT2D eigenvalue weighted by atomic mass is 9.98. The first-order valence-electron chi connectivity index (χ1n) is 6.39. The zero-order valence-electron chi connectivity index (χ0n) is 11.5. The minimum atomic E-state index is -0.399. The van der Waals surface area contributed by atoms with Gasteiger partial charge in [0, 0.05) is 6.04 Å². The van der Waals surface area contributed by atoms with Gasteiger partial charge in [0.1, 0.15) is 5.82 Å². The number of nitrogens with one attached hydrogen (secondary N) is 1. The molecule has 0 spiro atoms. The van der Waals surface area contributed by atoms with E-state index in [1.807, 2.05) is 12.1 Å². The molecular weight excluding hydrogens is 260 g/mol. The minimum absolute atomic E-state index is 0.0859. The molecule has 0 aliphatic rings. The average Bonchev–Trinajstić information content (AvgIpc) is 2.44. The molecule has 0 radical (unpaired) electrons. The number of methoxy groups -OCH3 is 1. The van der Waals surface area contributed by atoms with Gasteiger partial charge in [0.25, 0.3) is 0 Å². The standard InChI is InChI=1S/C16H17F2NO/c1-19-15(9-11-4-3-5-13(17)8-11)12-6-7-16(20-2)14(18)10-12/h3-8,10,15,19H,9H2,1-2H3. The van der Waals surface area contributed by atoms with Gasteiger partial charge in [0.05, 0.1) is 7.11 Å². The van der Waals surface area contributed by atoms with E-state index in [9.17, 15) is 8.78 Å². The molecule has 2 aromatic rings. The molecule has 1 N–H and O–H groups in total. The summed E-state index contributed by atoms with van der Waals surface area (Å²) >= 11 is 0. The summed E-state index contributed by atoms with van der Waals surface area (Å²) in [7, 11) is 3.23. The normalized spacial score (nSPS) is 12.2. The predicted molar refractivity (Wildman–Crippen MR) is 74.9 cm³/mol. The SMILES string of the molecule is CNC(Cc1cccc(F)c1)c1ccc(OC)c(F)c1. The van der Waals surface area contributed by atoms with Gasteiger partial charge >= 0.3 is 0 Å². The van der Waals surface area contributed by atoms with Crippen LogP contribution in [-0.2, 0) is 6.42 Å². The summed E-state index contributed by atoms with van der Waals surface area (Å²) in [4.78, 5) is 0. The summed E-state index contributed by atoms with van der Waals surface area (Å²) in [5.41, 5.74) is 1.66. The second-order valence-electron chi connectivity index (χ2n) is 4.57. The van der Waals surface area contributed by atoms with Gasteiger partial charge in [0.2, 0.25) is 0 Å². The zero-order chi connectivity index (χ0) is 14.5. The molecular formula is C16H17F2NO. The largest absolute Gasteiger partial charge is 0.494 e. The number of ether oxygens (including phenoxy) is 1. The maximum atomic E-state index is 13.7. The van der Waals surface area contributed by atoms with Gasteiger partial charge in [-0.15, -0.1) is 0 Å². The lowest BCUT2D eigenvalue weighted by Crippen LogP contribution is -2.19. The van der Waals surface area contributed by atoms with Gasteiger partial charge < -0.3 is 10.1 Å². The molecule has 20 heavy (non-hydrogen) atoms. The molecule has 0 fully saturated rings. The molecule has 0 aliphatic carbocycles. The van der Waals surface area contributed by atoms with Crippen LogP contribution in [-0.4, -0.2) is 14.2 Å². The molecule has 106 valence electrons. The smallest absolute Gasteiger partial charge is 0.165 e. The lowest BCUT2D eigenvalue weighted by molar-refractivity contribution is 0.385. The Bertz CT molecular complexity index is 586. The number of hydrogen-bond acceptors (Lipinski definition) is 2. The maximum absolute atomic E-state index is 13.7. The van der Waals surface area contributed by atoms with E-state index in [1.54, 1.807) is 19.2 Å². The predicted octanol–water partition coefficient (Wildman–Crippen LogP) is 3.48. The Hall–Kier alpha value is -1.94. The van der Waals surface area contributed by atoms with Crippen LogP contribution in [0.2, 0.25) is 0 Å². The third-order valence-electron chi connectivity index (χ3n) is 3.26. The quantitative estimate of drug-likeness (QED) is 0.903. The fourth-order valence-electron chi connectivity index (χ4n) is 2.19. The second-order valence-corrected chi connectivity index (χ2v) is 4.57. The Balaban J connectivity index is 2.22. The van der Waals surface area contributed by atoms with Crippen molar-refractivity contribution in [2.45, 2.75) is 12.5 Å². The summed E-state index contributed by atoms with van der Waals surface area (Å²) < 4.78 is 31.8. The van der Waals surface area contributed by atoms with Crippen molar-refractivity contribution in [3.63, 3.8) is 0 Å². The fraction of sp³-hybridized carbons (Fsp3) is 0.250. The number of likely N-dealkylation sites (N-methyl/N-ethyl adjacent to an activating group) is 1. The van der Waals surface area contributed by atoms with Crippen LogP contribution in [0.25, 0.3) is 0 Å². The summed E-state index contributed by atoms with van der Waals surface area (Å²) in [5, 5.41) is 3.12. The van der Waals surface area contributed by atoms with Crippen molar-refractivity contribution in [2.75, 3.05) is 14.2 Å². The highest BCUT2D eigenvalue weighted by Gasteiger charge is 2.13. The summed E-state index contributed by atoms with van der Waals surface area (Å²) in [6.07, 6.45) is 0.583. The third-order valence-corrected chi connectivity index (χ3v) is 3.26. The first-order valence-corrected chi connectivity index (χ1v) is 6.39. The van der Waals surface area contributed by atoms with Gasteiger partial charge in [-0.1, -0.05) is 18.2 Å². The Morgan fingerprint density at radius 2 is 1.95 bits per heavy atom. The van der Waals surface area contributed by atoms with Crippen LogP contribution in [0.5, 0.6) is 5.75 Å². The zero-order valence-corrected chi connectivity index (χ0v) is 11.5. The van der Waals surface area contributed by atoms with E-state index in [0.29, 0.717) is 6.42 Å². The van der Waals surface area contributed by atoms with Crippen molar-refractivity contribution < 1.29 is 13.5 Å². The molecule has 1 atom stereocenters. The number of hydrogen-bond donors (Lipinski definition) is 1. The molecule has 0 aromatic heterocycles. The first kappa shape index (κ1) is 14.5. The van der Waals surface area contributed by atoms with Gasteiger partial charge in [-0.05, 0) is 48.9 Å². The molecule has 0 amide bonds. The van der Waals surface area contributed by atoms with Crippen LogP contribution < -0.4 is 10.1 Å². The van der Waals surface area contributed by atoms with Crippen LogP contribution in [0.4, 0.5) is 8.78 Å². The van der Waals surface area contributed by atoms with Crippen molar-refractivity contribution in [2.24, 2.45) is 0 Å². The number of benzene rings is 2. The van der Waals surface area contributed by atoms with Gasteiger partial charge in [-0.3, -0.25) is 0 Å². The molecule has 2 rings (SSSR count). The molecule has 0 heterocycles. The first-order chi connectivity index (χ1) is 9.63. The highest BCUT2D eigenvalue weighted by atomic mass is 19.1. The summed E-state index contributed by atoms with van der Waals surface area (Å²) in [5.74, 6) is -0.447. The van der Waals surface area contributed by atoms with Gasteiger partial charge in [-0.25, -0.2) is 8.78 Å². The van der Waals surface area contributed by atoms with E-state index in [0.717, 1.165) is 11.1 Å². The molecule has 4 heteroatoms. The molecule has 0 saturated heterocycles. The monoisotopic (exact) mass is 277 g/mol. The highest BCUT2D eigenvalue weighted by Crippen LogP contribution is 2.24. The summed E-state index contributed by atoms with van der Waals surface area (Å²) in [6.45, 7) is 0. The van der Waals surface area contributed by atoms with Crippen LogP contribution in [0.1, 0.15) is 17.2 Å². The molecule has 0 aliphatic heterocycles. The van der Waals surface area contributed by atoms with E-state index in [2.05, 4.69) is 5.32 Å². The fourth-order valence-corrected chi connectivity index (χ4v) is 2.19. The van der Waals surface area contributed by atoms with Crippen molar-refractivity contribution in [1.82, 2.24) is 5.32 Å². The molecule has 0 bridgehead atoms. The average molecular weight is 277 g/mol. The Morgan fingerprint density at radius 3 is 2.55 bits per heavy atom. The van der Waals surface area contributed by atoms with E-state index in [1.165, 1.54) is 25.3 Å². The molecule has 0 saturated carbocycles. The van der Waals surface area contributed by atoms with E-state index >= 15 is 0 Å². The van der Waals surface area contributed by atoms with Crippen molar-refractivity contribution in [1.29, 1.82) is 0 Å². The summed E-state index contributed by atoms with van der Waals surface area (Å²) in [6, 6.07) is 11.2. The second kappa shape index (κ2) is 6.48. The van der Waals surface area contributed by atoms with E-state index in [4.69, 9.17) is 4.74 Å². The lowest BCUT2D eigenvalue weighted by Gasteiger charge is -2.17. The molecule has 1 unspecified atom stereocenters. The van der Waals surface area contributed by atoms with Crippen molar-refractivity contribution >= 4 is 0 Å². The number of rotatable bonds is 5. The minimum Gasteiger partial charge on any atom is -0.494 e. The van der Waals surface area contributed by atoms with Gasteiger partial charge in [0.15, 0.2) is 11.6 Å². The molecule has 2 nitrogen and oxygen atoms in total. The van der Waals surface area contributed by atoms with Gasteiger partial charge in [-0.2, -0.15) is 0 Å². The topological polar surface area (TPSA) is 21.3 Å². The molecule has 2 aromatic carbocycles. The highest BCUT2D eigenvalue weighted by molar-refractivity contribution is 5.32. The van der Waals surface area contributed by atoms with Crippen LogP contribution in [0.3, 0.4) is 0 Å². The van der Waals surface area contributed by atoms with Crippen LogP contribution >= 0.6 is 0 Å². The van der Waals surface area contributed by atoms with E-state index in [-0.39, 0.29) is 17.6 Å². The third kappa shape index (κ3) is 3.33. The van der Waals surface area contributed by atoms with Crippen molar-refractivity contribution in [3.05, 3.63) is 65.2 Å². The van der Waals surface area contributed by atoms with Crippen LogP contribution in [0, 0.1) is 11.6 Å². The van der Waals surface area contributed by atoms with Crippen molar-refractivity contribution in [3.8, 4) is 5.75 Å².